The third-order valence-electron chi connectivity index (χ3n) is 3.33. The van der Waals surface area contributed by atoms with E-state index >= 15 is 0 Å². The van der Waals surface area contributed by atoms with Crippen LogP contribution in [0.15, 0.2) is 16.0 Å². The van der Waals surface area contributed by atoms with Crippen molar-refractivity contribution in [3.63, 3.8) is 0 Å². The Kier molecular flexibility index (Phi) is 4.10. The minimum Gasteiger partial charge on any atom is -0.383 e. The molecular weight excluding hydrogens is 234 g/mol. The third-order valence-corrected chi connectivity index (χ3v) is 4.51. The van der Waals surface area contributed by atoms with Crippen molar-refractivity contribution in [3.05, 3.63) is 16.4 Å². The fourth-order valence-electron chi connectivity index (χ4n) is 2.39. The molecule has 0 aliphatic heterocycles. The number of anilines is 1. The molecule has 1 heterocycles. The maximum atomic E-state index is 11.3. The quantitative estimate of drug-likeness (QED) is 0.811. The van der Waals surface area contributed by atoms with Crippen LogP contribution in [0.4, 0.5) is 5.82 Å². The fraction of sp³-hybridized carbons (Fsp3) is 0.667. The van der Waals surface area contributed by atoms with Crippen LogP contribution in [0.3, 0.4) is 0 Å². The third kappa shape index (κ3) is 3.49. The van der Waals surface area contributed by atoms with Crippen LogP contribution in [-0.2, 0) is 0 Å². The number of rotatable bonds is 3. The van der Waals surface area contributed by atoms with Crippen LogP contribution >= 0.6 is 11.8 Å². The molecule has 94 valence electrons. The zero-order valence-electron chi connectivity index (χ0n) is 10.1. The van der Waals surface area contributed by atoms with Crippen LogP contribution in [-0.4, -0.2) is 15.2 Å². The molecule has 1 aliphatic carbocycles. The maximum Gasteiger partial charge on any atom is 0.253 e. The van der Waals surface area contributed by atoms with E-state index in [0.29, 0.717) is 16.2 Å². The molecule has 0 bridgehead atoms. The second kappa shape index (κ2) is 5.58. The molecule has 0 radical (unpaired) electrons. The molecule has 2 rings (SSSR count). The Morgan fingerprint density at radius 1 is 1.59 bits per heavy atom. The largest absolute Gasteiger partial charge is 0.383 e. The van der Waals surface area contributed by atoms with Gasteiger partial charge in [-0.1, -0.05) is 37.9 Å². The van der Waals surface area contributed by atoms with Crippen LogP contribution in [0.1, 0.15) is 39.0 Å². The first-order valence-corrected chi connectivity index (χ1v) is 7.09. The summed E-state index contributed by atoms with van der Waals surface area (Å²) in [5.74, 6) is 1.13. The summed E-state index contributed by atoms with van der Waals surface area (Å²) in [5.41, 5.74) is 5.41. The SMILES string of the molecule is CCC1CCCC(Sc2nc(N)cc(=O)[nH]2)C1. The Hall–Kier alpha value is -0.970. The molecule has 2 atom stereocenters. The minimum absolute atomic E-state index is 0.164. The summed E-state index contributed by atoms with van der Waals surface area (Å²) in [7, 11) is 0. The monoisotopic (exact) mass is 253 g/mol. The zero-order valence-corrected chi connectivity index (χ0v) is 10.9. The van der Waals surface area contributed by atoms with Crippen LogP contribution in [0.2, 0.25) is 0 Å². The standard InChI is InChI=1S/C12H19N3OS/c1-2-8-4-3-5-9(6-8)17-12-14-10(13)7-11(16)15-12/h7-9H,2-6H2,1H3,(H3,13,14,15,16). The summed E-state index contributed by atoms with van der Waals surface area (Å²) >= 11 is 1.67. The fourth-order valence-corrected chi connectivity index (χ4v) is 3.67. The predicted molar refractivity (Wildman–Crippen MR) is 71.2 cm³/mol. The highest BCUT2D eigenvalue weighted by molar-refractivity contribution is 7.99. The number of aromatic amines is 1. The van der Waals surface area contributed by atoms with E-state index in [1.807, 2.05) is 0 Å². The molecule has 5 heteroatoms. The number of nitrogens with one attached hydrogen (secondary N) is 1. The van der Waals surface area contributed by atoms with Gasteiger partial charge in [0.25, 0.3) is 5.56 Å². The van der Waals surface area contributed by atoms with Crippen molar-refractivity contribution >= 4 is 17.6 Å². The van der Waals surface area contributed by atoms with Crippen molar-refractivity contribution < 1.29 is 0 Å². The molecule has 1 aromatic rings. The highest BCUT2D eigenvalue weighted by Crippen LogP contribution is 2.35. The number of H-pyrrole nitrogens is 1. The van der Waals surface area contributed by atoms with Crippen LogP contribution in [0.5, 0.6) is 0 Å². The molecule has 0 amide bonds. The molecule has 1 fully saturated rings. The molecule has 17 heavy (non-hydrogen) atoms. The summed E-state index contributed by atoms with van der Waals surface area (Å²) in [4.78, 5) is 18.2. The van der Waals surface area contributed by atoms with Gasteiger partial charge < -0.3 is 10.7 Å². The molecule has 4 nitrogen and oxygen atoms in total. The minimum atomic E-state index is -0.164. The van der Waals surface area contributed by atoms with Gasteiger partial charge in [-0.25, -0.2) is 4.98 Å². The number of nitrogens with two attached hydrogens (primary N) is 1. The first kappa shape index (κ1) is 12.5. The summed E-state index contributed by atoms with van der Waals surface area (Å²) in [5, 5.41) is 1.23. The van der Waals surface area contributed by atoms with Crippen molar-refractivity contribution in [2.45, 2.75) is 49.4 Å². The van der Waals surface area contributed by atoms with Crippen LogP contribution in [0.25, 0.3) is 0 Å². The summed E-state index contributed by atoms with van der Waals surface area (Å²) in [6.45, 7) is 2.25. The van der Waals surface area contributed by atoms with Gasteiger partial charge in [0.2, 0.25) is 0 Å². The van der Waals surface area contributed by atoms with E-state index in [1.165, 1.54) is 38.2 Å². The number of hydrogen-bond donors (Lipinski definition) is 2. The van der Waals surface area contributed by atoms with Crippen molar-refractivity contribution in [3.8, 4) is 0 Å². The number of aromatic nitrogens is 2. The number of thioether (sulfide) groups is 1. The Bertz CT molecular complexity index is 432. The first-order valence-electron chi connectivity index (χ1n) is 6.21. The number of nitrogens with zero attached hydrogens (tertiary/aromatic N) is 1. The van der Waals surface area contributed by atoms with Gasteiger partial charge >= 0.3 is 0 Å². The van der Waals surface area contributed by atoms with E-state index in [4.69, 9.17) is 5.73 Å². The molecule has 0 spiro atoms. The van der Waals surface area contributed by atoms with Gasteiger partial charge in [-0.05, 0) is 18.8 Å². The van der Waals surface area contributed by atoms with E-state index in [0.717, 1.165) is 5.92 Å². The lowest BCUT2D eigenvalue weighted by atomic mass is 9.87. The number of hydrogen-bond acceptors (Lipinski definition) is 4. The van der Waals surface area contributed by atoms with Gasteiger partial charge in [-0.15, -0.1) is 0 Å². The average Bonchev–Trinajstić information content (AvgIpc) is 2.28. The van der Waals surface area contributed by atoms with Gasteiger partial charge in [-0.2, -0.15) is 0 Å². The molecular formula is C12H19N3OS. The van der Waals surface area contributed by atoms with Crippen molar-refractivity contribution in [1.29, 1.82) is 0 Å². The normalized spacial score (nSPS) is 24.8. The summed E-state index contributed by atoms with van der Waals surface area (Å²) in [6, 6.07) is 1.32. The Morgan fingerprint density at radius 3 is 3.12 bits per heavy atom. The highest BCUT2D eigenvalue weighted by Gasteiger charge is 2.22. The summed E-state index contributed by atoms with van der Waals surface area (Å²) < 4.78 is 0. The van der Waals surface area contributed by atoms with Crippen molar-refractivity contribution in [1.82, 2.24) is 9.97 Å². The Balaban J connectivity index is 2.02. The molecule has 2 unspecified atom stereocenters. The van der Waals surface area contributed by atoms with E-state index in [-0.39, 0.29) is 5.56 Å². The van der Waals surface area contributed by atoms with Gasteiger partial charge in [0.05, 0.1) is 0 Å². The smallest absolute Gasteiger partial charge is 0.253 e. The van der Waals surface area contributed by atoms with Crippen LogP contribution in [0, 0.1) is 5.92 Å². The Labute approximate surface area is 105 Å². The molecule has 1 saturated carbocycles. The van der Waals surface area contributed by atoms with Gasteiger partial charge in [-0.3, -0.25) is 4.79 Å². The van der Waals surface area contributed by atoms with E-state index in [2.05, 4.69) is 16.9 Å². The number of nitrogen functional groups attached to an aromatic ring is 1. The van der Waals surface area contributed by atoms with Crippen molar-refractivity contribution in [2.24, 2.45) is 5.92 Å². The van der Waals surface area contributed by atoms with Gasteiger partial charge in [0.1, 0.15) is 5.82 Å². The second-order valence-electron chi connectivity index (χ2n) is 4.66. The lowest BCUT2D eigenvalue weighted by Crippen LogP contribution is -2.18. The lowest BCUT2D eigenvalue weighted by Gasteiger charge is -2.27. The molecule has 0 saturated heterocycles. The summed E-state index contributed by atoms with van der Waals surface area (Å²) in [6.07, 6.45) is 6.30. The molecule has 1 aromatic heterocycles. The average molecular weight is 253 g/mol. The first-order chi connectivity index (χ1) is 8.17. The lowest BCUT2D eigenvalue weighted by molar-refractivity contribution is 0.357. The van der Waals surface area contributed by atoms with E-state index in [9.17, 15) is 4.79 Å². The van der Waals surface area contributed by atoms with Crippen molar-refractivity contribution in [2.75, 3.05) is 5.73 Å². The molecule has 3 N–H and O–H groups in total. The van der Waals surface area contributed by atoms with E-state index in [1.54, 1.807) is 11.8 Å². The Morgan fingerprint density at radius 2 is 2.41 bits per heavy atom. The molecule has 1 aliphatic rings. The molecule has 0 aromatic carbocycles. The highest BCUT2D eigenvalue weighted by atomic mass is 32.2. The zero-order chi connectivity index (χ0) is 12.3. The second-order valence-corrected chi connectivity index (χ2v) is 5.95. The van der Waals surface area contributed by atoms with Gasteiger partial charge in [0, 0.05) is 11.3 Å². The topological polar surface area (TPSA) is 71.8 Å². The maximum absolute atomic E-state index is 11.3. The van der Waals surface area contributed by atoms with Gasteiger partial charge in [0.15, 0.2) is 5.16 Å². The predicted octanol–water partition coefficient (Wildman–Crippen LogP) is 2.41. The van der Waals surface area contributed by atoms with E-state index < -0.39 is 0 Å². The van der Waals surface area contributed by atoms with Crippen LogP contribution < -0.4 is 11.3 Å².